The fourth-order valence-electron chi connectivity index (χ4n) is 15.9. The summed E-state index contributed by atoms with van der Waals surface area (Å²) in [4.78, 5) is 32.1. The Hall–Kier alpha value is -1.94. The molecule has 12 rings (SSSR count). The van der Waals surface area contributed by atoms with Crippen LogP contribution in [0.5, 0.6) is 5.75 Å². The van der Waals surface area contributed by atoms with E-state index in [0.717, 1.165) is 24.8 Å². The largest absolute Gasteiger partial charge is 0.508 e. The van der Waals surface area contributed by atoms with Crippen LogP contribution >= 0.6 is 21.6 Å². The third-order valence-electron chi connectivity index (χ3n) is 19.4. The van der Waals surface area contributed by atoms with Crippen molar-refractivity contribution in [2.45, 2.75) is 146 Å². The molecule has 0 unspecified atom stereocenters. The van der Waals surface area contributed by atoms with E-state index in [-0.39, 0.29) is 66.7 Å². The first-order valence-electron chi connectivity index (χ1n) is 23.5. The molecule has 5 aliphatic heterocycles. The minimum Gasteiger partial charge on any atom is -0.508 e. The first kappa shape index (κ1) is 43.9. The zero-order valence-corrected chi connectivity index (χ0v) is 38.3. The maximum atomic E-state index is 15.3. The van der Waals surface area contributed by atoms with Gasteiger partial charge in [0, 0.05) is 42.0 Å². The van der Waals surface area contributed by atoms with Crippen molar-refractivity contribution in [2.75, 3.05) is 23.8 Å². The molecule has 340 valence electrons. The van der Waals surface area contributed by atoms with Crippen molar-refractivity contribution in [3.8, 4) is 5.75 Å². The molecule has 11 aliphatic rings. The number of phenolic OH excluding ortho intramolecular Hbond substituents is 1. The molecule has 17 atom stereocenters. The third kappa shape index (κ3) is 5.77. The quantitative estimate of drug-likeness (QED) is 0.111. The molecule has 1 aromatic carbocycles. The van der Waals surface area contributed by atoms with Gasteiger partial charge in [-0.2, -0.15) is 0 Å². The van der Waals surface area contributed by atoms with Crippen LogP contribution in [-0.2, 0) is 20.7 Å². The normalized spacial score (nSPS) is 49.0. The molecule has 8 bridgehead atoms. The van der Waals surface area contributed by atoms with E-state index in [1.165, 1.54) is 21.6 Å². The number of aromatic hydroxyl groups is 1. The van der Waals surface area contributed by atoms with E-state index in [2.05, 4.69) is 32.9 Å². The summed E-state index contributed by atoms with van der Waals surface area (Å²) in [6, 6.07) is 5.36. The summed E-state index contributed by atoms with van der Waals surface area (Å²) in [5.74, 6) is -0.837. The second-order valence-corrected chi connectivity index (χ2v) is 24.4. The number of aryl methyl sites for hydroxylation is 1. The first-order valence-corrected chi connectivity index (χ1v) is 25.9. The Morgan fingerprint density at radius 1 is 0.984 bits per heavy atom. The van der Waals surface area contributed by atoms with Crippen LogP contribution in [0.4, 0.5) is 5.69 Å². The van der Waals surface area contributed by atoms with Gasteiger partial charge in [0.05, 0.1) is 34.7 Å². The fourth-order valence-corrected chi connectivity index (χ4v) is 18.9. The average Bonchev–Trinajstić information content (AvgIpc) is 3.91. The lowest BCUT2D eigenvalue weighted by molar-refractivity contribution is -0.206. The van der Waals surface area contributed by atoms with Crippen molar-refractivity contribution < 1.29 is 50.1 Å². The van der Waals surface area contributed by atoms with Gasteiger partial charge in [-0.1, -0.05) is 67.9 Å². The predicted molar refractivity (Wildman–Crippen MR) is 238 cm³/mol. The summed E-state index contributed by atoms with van der Waals surface area (Å²) in [5.41, 5.74) is -6.50. The summed E-state index contributed by atoms with van der Waals surface area (Å²) < 4.78 is 6.46. The van der Waals surface area contributed by atoms with Crippen LogP contribution in [0.3, 0.4) is 0 Å². The van der Waals surface area contributed by atoms with Crippen LogP contribution in [0.15, 0.2) is 42.0 Å². The number of hydrogen-bond acceptors (Lipinski definition) is 12. The number of allylic oxidation sites excluding steroid dienone is 2. The summed E-state index contributed by atoms with van der Waals surface area (Å²) in [7, 11) is 2.63. The van der Waals surface area contributed by atoms with Crippen molar-refractivity contribution in [1.82, 2.24) is 0 Å². The highest BCUT2D eigenvalue weighted by Crippen LogP contribution is 2.76. The van der Waals surface area contributed by atoms with Gasteiger partial charge < -0.3 is 45.4 Å². The number of carbonyl (C=O) groups is 2. The average molecular weight is 894 g/mol. The number of amides is 1. The fraction of sp³-hybridized carbons (Fsp3) is 0.755. The van der Waals surface area contributed by atoms with Crippen molar-refractivity contribution >= 4 is 39.0 Å². The molecule has 1 amide bonds. The lowest BCUT2D eigenvalue weighted by Gasteiger charge is -2.66. The number of ether oxygens (including phenoxy) is 1. The lowest BCUT2D eigenvalue weighted by atomic mass is 9.39. The number of anilines is 1. The number of aliphatic hydroxyl groups excluding tert-OH is 4. The Labute approximate surface area is 373 Å². The van der Waals surface area contributed by atoms with Gasteiger partial charge in [0.2, 0.25) is 5.91 Å². The lowest BCUT2D eigenvalue weighted by Crippen LogP contribution is -2.70. The number of fused-ring (bicyclic) bond motifs is 1. The maximum Gasteiger partial charge on any atom is 0.233 e. The molecule has 3 spiro atoms. The van der Waals surface area contributed by atoms with E-state index >= 15 is 9.59 Å². The summed E-state index contributed by atoms with van der Waals surface area (Å²) in [6.07, 6.45) is 8.21. The van der Waals surface area contributed by atoms with E-state index in [4.69, 9.17) is 4.74 Å². The Morgan fingerprint density at radius 2 is 1.76 bits per heavy atom. The number of ketones is 1. The number of nitrogens with zero attached hydrogens (tertiary/aromatic N) is 1. The molecule has 7 N–H and O–H groups in total. The van der Waals surface area contributed by atoms with E-state index in [1.807, 2.05) is 13.0 Å². The van der Waals surface area contributed by atoms with Gasteiger partial charge >= 0.3 is 0 Å². The number of hydrogen-bond donors (Lipinski definition) is 7. The molecule has 62 heavy (non-hydrogen) atoms. The second kappa shape index (κ2) is 15.0. The van der Waals surface area contributed by atoms with Gasteiger partial charge in [-0.15, -0.1) is 0 Å². The zero-order valence-electron chi connectivity index (χ0n) is 36.6. The Balaban J connectivity index is 1.15. The molecule has 11 nitrogen and oxygen atoms in total. The first-order chi connectivity index (χ1) is 29.4. The van der Waals surface area contributed by atoms with E-state index < -0.39 is 68.4 Å². The van der Waals surface area contributed by atoms with Crippen LogP contribution in [0.1, 0.15) is 104 Å². The molecule has 6 fully saturated rings. The van der Waals surface area contributed by atoms with Crippen molar-refractivity contribution in [1.29, 1.82) is 0 Å². The highest BCUT2D eigenvalue weighted by molar-refractivity contribution is 8.76. The highest BCUT2D eigenvalue weighted by atomic mass is 33.1. The standard InChI is InChI=1S/C49H67NO10S2/c1-26(2)27(3)40-41(60-40)48(58)12-6-9-29-19-34-35-21-39(55)47(23-37(54)36(53)22-44(34,47)4)43(57)62-61-25-31-8-5-7-30(24-51)45(31)15-16-50(42(45)56)32-17-28(18-33(52)20-32)10-13-46(29)38(48)11-14-49(35,46)59/h6,9,17-18,20-21,26-27,29-31,34,36-38,40-41,43,51-54,57-59H,5,7-8,10-16,19,22-25H2,1-4H3/t27-,29-,30-,31-,34+,36+,37-,38+,40+,41-,43+,44-,45-,46-,47+,48-,49-/m1/s1. The minimum absolute atomic E-state index is 0.0356. The number of phenols is 1. The highest BCUT2D eigenvalue weighted by Gasteiger charge is 2.78. The third-order valence-corrected chi connectivity index (χ3v) is 22.1. The molecule has 4 saturated carbocycles. The minimum atomic E-state index is -1.56. The van der Waals surface area contributed by atoms with Crippen LogP contribution in [0.2, 0.25) is 0 Å². The number of rotatable bonds is 4. The van der Waals surface area contributed by atoms with Gasteiger partial charge in [-0.3, -0.25) is 9.59 Å². The number of carbonyl (C=O) groups excluding carboxylic acids is 2. The Bertz CT molecular complexity index is 2060. The van der Waals surface area contributed by atoms with Crippen LogP contribution in [0, 0.1) is 63.1 Å². The summed E-state index contributed by atoms with van der Waals surface area (Å²) in [5, 5.41) is 84.9. The molecule has 2 saturated heterocycles. The van der Waals surface area contributed by atoms with Crippen LogP contribution < -0.4 is 4.90 Å². The molecular formula is C49H67NO10S2. The van der Waals surface area contributed by atoms with Crippen LogP contribution in [-0.4, -0.2) is 107 Å². The topological polar surface area (TPSA) is 192 Å². The molecule has 6 aliphatic carbocycles. The SMILES string of the molecule is CC(C)[C@@H](C)[C@@H]1O[C@H]1[C@@]1(O)CC=C[C@@H]2C[C@H]3C4=CC(=O)[C@@]5(C[C@@H](O)[C@@H](O)C[C@]35C)[C@@H](O)SSC[C@H]3CCC[C@H](CO)[C@]35CCN(C5=O)c3cc(O)cc(c3)CC[C@]23[C@@H]1CC[C@@]43O. The van der Waals surface area contributed by atoms with Gasteiger partial charge in [-0.25, -0.2) is 0 Å². The smallest absolute Gasteiger partial charge is 0.233 e. The Kier molecular flexibility index (Phi) is 10.7. The summed E-state index contributed by atoms with van der Waals surface area (Å²) >= 11 is 0. The van der Waals surface area contributed by atoms with Gasteiger partial charge in [0.1, 0.15) is 22.9 Å². The van der Waals surface area contributed by atoms with Crippen molar-refractivity contribution in [2.24, 2.45) is 63.1 Å². The number of benzene rings is 1. The van der Waals surface area contributed by atoms with Crippen molar-refractivity contribution in [3.63, 3.8) is 0 Å². The second-order valence-electron chi connectivity index (χ2n) is 21.9. The van der Waals surface area contributed by atoms with E-state index in [0.29, 0.717) is 74.4 Å². The molecule has 13 heteroatoms. The summed E-state index contributed by atoms with van der Waals surface area (Å²) in [6.45, 7) is 8.79. The predicted octanol–water partition coefficient (Wildman–Crippen LogP) is 5.70. The number of aliphatic hydroxyl groups is 6. The van der Waals surface area contributed by atoms with Crippen molar-refractivity contribution in [3.05, 3.63) is 47.6 Å². The monoisotopic (exact) mass is 893 g/mol. The van der Waals surface area contributed by atoms with Gasteiger partial charge in [0.15, 0.2) is 5.78 Å². The van der Waals surface area contributed by atoms with E-state index in [9.17, 15) is 35.7 Å². The van der Waals surface area contributed by atoms with E-state index in [1.54, 1.807) is 23.1 Å². The molecule has 0 radical (unpaired) electrons. The Morgan fingerprint density at radius 3 is 2.52 bits per heavy atom. The molecule has 1 aromatic rings. The molecule has 0 aromatic heterocycles. The maximum absolute atomic E-state index is 15.3. The zero-order chi connectivity index (χ0) is 43.9. The molecule has 5 heterocycles. The van der Waals surface area contributed by atoms with Gasteiger partial charge in [-0.05, 0) is 141 Å². The molecular weight excluding hydrogens is 827 g/mol. The number of epoxide rings is 1. The van der Waals surface area contributed by atoms with Gasteiger partial charge in [0.25, 0.3) is 0 Å². The van der Waals surface area contributed by atoms with Crippen LogP contribution in [0.25, 0.3) is 0 Å².